The van der Waals surface area contributed by atoms with Crippen molar-refractivity contribution in [2.75, 3.05) is 13.1 Å². The SMILES string of the molecule is CC(C)C1CN(C(=O)c2ccc(F)cc2)C(C(C)C)CN1. The fourth-order valence-corrected chi connectivity index (χ4v) is 2.83. The third-order valence-corrected chi connectivity index (χ3v) is 4.31. The van der Waals surface area contributed by atoms with E-state index in [1.54, 1.807) is 12.1 Å². The van der Waals surface area contributed by atoms with Crippen LogP contribution in [-0.4, -0.2) is 36.0 Å². The lowest BCUT2D eigenvalue weighted by Gasteiger charge is -2.43. The number of halogens is 1. The fourth-order valence-electron chi connectivity index (χ4n) is 2.83. The maximum Gasteiger partial charge on any atom is 0.254 e. The van der Waals surface area contributed by atoms with Crippen molar-refractivity contribution in [2.24, 2.45) is 11.8 Å². The van der Waals surface area contributed by atoms with E-state index in [1.165, 1.54) is 12.1 Å². The Kier molecular flexibility index (Phi) is 4.99. The molecule has 1 aliphatic heterocycles. The third kappa shape index (κ3) is 3.62. The first-order valence-corrected chi connectivity index (χ1v) is 7.70. The maximum absolute atomic E-state index is 13.0. The molecule has 2 unspecified atom stereocenters. The molecule has 1 amide bonds. The van der Waals surface area contributed by atoms with E-state index in [9.17, 15) is 9.18 Å². The molecule has 0 saturated carbocycles. The molecule has 0 aromatic heterocycles. The Bertz CT molecular complexity index is 484. The molecular formula is C17H25FN2O. The largest absolute Gasteiger partial charge is 0.333 e. The minimum absolute atomic E-state index is 0.000787. The molecule has 1 heterocycles. The van der Waals surface area contributed by atoms with Crippen LogP contribution in [0.15, 0.2) is 24.3 Å². The van der Waals surface area contributed by atoms with E-state index in [0.717, 1.165) is 6.54 Å². The minimum atomic E-state index is -0.313. The highest BCUT2D eigenvalue weighted by Gasteiger charge is 2.34. The van der Waals surface area contributed by atoms with E-state index in [1.807, 2.05) is 4.90 Å². The summed E-state index contributed by atoms with van der Waals surface area (Å²) in [6, 6.07) is 6.32. The van der Waals surface area contributed by atoms with Crippen LogP contribution in [0.1, 0.15) is 38.1 Å². The van der Waals surface area contributed by atoms with Crippen LogP contribution in [0.4, 0.5) is 4.39 Å². The Hall–Kier alpha value is -1.42. The second-order valence-electron chi connectivity index (χ2n) is 6.53. The Labute approximate surface area is 126 Å². The number of nitrogens with one attached hydrogen (secondary N) is 1. The Balaban J connectivity index is 2.22. The number of rotatable bonds is 3. The summed E-state index contributed by atoms with van der Waals surface area (Å²) in [4.78, 5) is 14.7. The van der Waals surface area contributed by atoms with Crippen LogP contribution in [0.25, 0.3) is 0 Å². The van der Waals surface area contributed by atoms with Gasteiger partial charge in [-0.25, -0.2) is 4.39 Å². The predicted octanol–water partition coefficient (Wildman–Crippen LogP) is 2.92. The van der Waals surface area contributed by atoms with E-state index in [-0.39, 0.29) is 17.8 Å². The number of hydrogen-bond acceptors (Lipinski definition) is 2. The summed E-state index contributed by atoms with van der Waals surface area (Å²) in [5.74, 6) is 0.546. The number of carbonyl (C=O) groups excluding carboxylic acids is 1. The Morgan fingerprint density at radius 2 is 1.81 bits per heavy atom. The molecule has 1 aliphatic rings. The zero-order valence-corrected chi connectivity index (χ0v) is 13.3. The van der Waals surface area contributed by atoms with Gasteiger partial charge >= 0.3 is 0 Å². The van der Waals surface area contributed by atoms with Crippen LogP contribution < -0.4 is 5.32 Å². The van der Waals surface area contributed by atoms with Crippen molar-refractivity contribution in [2.45, 2.75) is 39.8 Å². The minimum Gasteiger partial charge on any atom is -0.333 e. The highest BCUT2D eigenvalue weighted by molar-refractivity contribution is 5.94. The van der Waals surface area contributed by atoms with Gasteiger partial charge in [-0.15, -0.1) is 0 Å². The van der Waals surface area contributed by atoms with Gasteiger partial charge in [-0.3, -0.25) is 4.79 Å². The number of nitrogens with zero attached hydrogens (tertiary/aromatic N) is 1. The number of benzene rings is 1. The molecule has 3 nitrogen and oxygen atoms in total. The van der Waals surface area contributed by atoms with E-state index in [4.69, 9.17) is 0 Å². The lowest BCUT2D eigenvalue weighted by molar-refractivity contribution is 0.0475. The first-order valence-electron chi connectivity index (χ1n) is 7.70. The highest BCUT2D eigenvalue weighted by atomic mass is 19.1. The Morgan fingerprint density at radius 1 is 1.19 bits per heavy atom. The average molecular weight is 292 g/mol. The zero-order valence-electron chi connectivity index (χ0n) is 13.3. The van der Waals surface area contributed by atoms with Gasteiger partial charge in [0, 0.05) is 30.7 Å². The molecule has 1 fully saturated rings. The van der Waals surface area contributed by atoms with E-state index in [0.29, 0.717) is 30.0 Å². The molecule has 116 valence electrons. The summed E-state index contributed by atoms with van der Waals surface area (Å²) in [7, 11) is 0. The van der Waals surface area contributed by atoms with Crippen molar-refractivity contribution in [1.82, 2.24) is 10.2 Å². The van der Waals surface area contributed by atoms with Crippen molar-refractivity contribution in [3.05, 3.63) is 35.6 Å². The van der Waals surface area contributed by atoms with E-state index < -0.39 is 0 Å². The molecule has 1 N–H and O–H groups in total. The van der Waals surface area contributed by atoms with Gasteiger partial charge in [0.05, 0.1) is 0 Å². The van der Waals surface area contributed by atoms with E-state index in [2.05, 4.69) is 33.0 Å². The first-order chi connectivity index (χ1) is 9.90. The number of hydrogen-bond donors (Lipinski definition) is 1. The van der Waals surface area contributed by atoms with Crippen molar-refractivity contribution in [3.63, 3.8) is 0 Å². The van der Waals surface area contributed by atoms with Gasteiger partial charge < -0.3 is 10.2 Å². The molecule has 2 rings (SSSR count). The van der Waals surface area contributed by atoms with Crippen LogP contribution in [0.5, 0.6) is 0 Å². The summed E-state index contributed by atoms with van der Waals surface area (Å²) in [6.45, 7) is 10.1. The highest BCUT2D eigenvalue weighted by Crippen LogP contribution is 2.21. The van der Waals surface area contributed by atoms with Crippen LogP contribution in [-0.2, 0) is 0 Å². The van der Waals surface area contributed by atoms with Gasteiger partial charge in [0.25, 0.3) is 5.91 Å². The monoisotopic (exact) mass is 292 g/mol. The number of carbonyl (C=O) groups is 1. The normalized spacial score (nSPS) is 22.9. The molecule has 2 atom stereocenters. The van der Waals surface area contributed by atoms with Gasteiger partial charge in [-0.1, -0.05) is 27.7 Å². The van der Waals surface area contributed by atoms with Gasteiger partial charge in [-0.2, -0.15) is 0 Å². The molecule has 0 aliphatic carbocycles. The number of piperazine rings is 1. The lowest BCUT2D eigenvalue weighted by atomic mass is 9.93. The van der Waals surface area contributed by atoms with Gasteiger partial charge in [0.2, 0.25) is 0 Å². The second-order valence-corrected chi connectivity index (χ2v) is 6.53. The predicted molar refractivity (Wildman–Crippen MR) is 82.7 cm³/mol. The lowest BCUT2D eigenvalue weighted by Crippen LogP contribution is -2.61. The molecule has 0 bridgehead atoms. The van der Waals surface area contributed by atoms with Gasteiger partial charge in [-0.05, 0) is 36.1 Å². The van der Waals surface area contributed by atoms with Crippen molar-refractivity contribution >= 4 is 5.91 Å². The molecular weight excluding hydrogens is 267 g/mol. The molecule has 4 heteroatoms. The standard InChI is InChI=1S/C17H25FN2O/c1-11(2)15-10-20(16(9-19-15)12(3)4)17(21)13-5-7-14(18)8-6-13/h5-8,11-12,15-16,19H,9-10H2,1-4H3. The van der Waals surface area contributed by atoms with Crippen LogP contribution in [0, 0.1) is 17.7 Å². The quantitative estimate of drug-likeness (QED) is 0.929. The van der Waals surface area contributed by atoms with Crippen LogP contribution in [0.2, 0.25) is 0 Å². The van der Waals surface area contributed by atoms with Gasteiger partial charge in [0.1, 0.15) is 5.82 Å². The summed E-state index contributed by atoms with van der Waals surface area (Å²) < 4.78 is 13.0. The smallest absolute Gasteiger partial charge is 0.254 e. The number of amides is 1. The summed E-state index contributed by atoms with van der Waals surface area (Å²) in [6.07, 6.45) is 0. The topological polar surface area (TPSA) is 32.3 Å². The summed E-state index contributed by atoms with van der Waals surface area (Å²) in [5, 5.41) is 3.54. The Morgan fingerprint density at radius 3 is 2.33 bits per heavy atom. The summed E-state index contributed by atoms with van der Waals surface area (Å²) in [5.41, 5.74) is 0.562. The van der Waals surface area contributed by atoms with Gasteiger partial charge in [0.15, 0.2) is 0 Å². The molecule has 1 saturated heterocycles. The van der Waals surface area contributed by atoms with Crippen LogP contribution in [0.3, 0.4) is 0 Å². The molecule has 0 spiro atoms. The third-order valence-electron chi connectivity index (χ3n) is 4.31. The van der Waals surface area contributed by atoms with Crippen molar-refractivity contribution in [1.29, 1.82) is 0 Å². The molecule has 1 aromatic rings. The fraction of sp³-hybridized carbons (Fsp3) is 0.588. The average Bonchev–Trinajstić information content (AvgIpc) is 2.46. The maximum atomic E-state index is 13.0. The van der Waals surface area contributed by atoms with E-state index >= 15 is 0 Å². The van der Waals surface area contributed by atoms with Crippen molar-refractivity contribution < 1.29 is 9.18 Å². The second kappa shape index (κ2) is 6.56. The molecule has 0 radical (unpaired) electrons. The summed E-state index contributed by atoms with van der Waals surface area (Å²) >= 11 is 0. The molecule has 1 aromatic carbocycles. The zero-order chi connectivity index (χ0) is 15.6. The van der Waals surface area contributed by atoms with Crippen LogP contribution >= 0.6 is 0 Å². The molecule has 21 heavy (non-hydrogen) atoms. The van der Waals surface area contributed by atoms with Crippen molar-refractivity contribution in [3.8, 4) is 0 Å². The first kappa shape index (κ1) is 16.0.